The lowest BCUT2D eigenvalue weighted by atomic mass is 10.2. The summed E-state index contributed by atoms with van der Waals surface area (Å²) in [5.74, 6) is -0.523. The molecule has 1 aliphatic heterocycles. The Bertz CT molecular complexity index is 614. The van der Waals surface area contributed by atoms with E-state index in [1.54, 1.807) is 6.07 Å². The molecule has 0 unspecified atom stereocenters. The van der Waals surface area contributed by atoms with Crippen LogP contribution in [-0.2, 0) is 0 Å². The average molecular weight is 247 g/mol. The first-order valence-corrected chi connectivity index (χ1v) is 5.82. The first-order valence-electron chi connectivity index (χ1n) is 5.82. The first-order chi connectivity index (χ1) is 8.65. The molecule has 1 aliphatic rings. The molecule has 3 rings (SSSR count). The summed E-state index contributed by atoms with van der Waals surface area (Å²) in [6, 6.07) is 3.09. The van der Waals surface area contributed by atoms with E-state index >= 15 is 0 Å². The van der Waals surface area contributed by atoms with Crippen LogP contribution in [0.2, 0.25) is 0 Å². The minimum Gasteiger partial charge on any atom is -0.478 e. The second-order valence-corrected chi connectivity index (χ2v) is 4.42. The van der Waals surface area contributed by atoms with Gasteiger partial charge in [-0.3, -0.25) is 0 Å². The fourth-order valence-corrected chi connectivity index (χ4v) is 2.27. The summed E-state index contributed by atoms with van der Waals surface area (Å²) in [6.07, 6.45) is 2.02. The van der Waals surface area contributed by atoms with Gasteiger partial charge in [0.2, 0.25) is 5.89 Å². The summed E-state index contributed by atoms with van der Waals surface area (Å²) >= 11 is 0. The van der Waals surface area contributed by atoms with E-state index < -0.39 is 5.97 Å². The molecule has 4 N–H and O–H groups in total. The number of benzene rings is 1. The lowest BCUT2D eigenvalue weighted by Gasteiger charge is -2.02. The smallest absolute Gasteiger partial charge is 0.339 e. The largest absolute Gasteiger partial charge is 0.478 e. The molecule has 1 aromatic carbocycles. The second kappa shape index (κ2) is 3.99. The van der Waals surface area contributed by atoms with Crippen LogP contribution in [0.5, 0.6) is 0 Å². The molecule has 0 saturated carbocycles. The number of nitrogen functional groups attached to an aromatic ring is 1. The molecule has 0 spiro atoms. The van der Waals surface area contributed by atoms with Gasteiger partial charge in [-0.05, 0) is 31.5 Å². The molecule has 2 aromatic rings. The zero-order chi connectivity index (χ0) is 12.7. The van der Waals surface area contributed by atoms with Crippen LogP contribution in [0.1, 0.15) is 35.1 Å². The maximum atomic E-state index is 11.1. The van der Waals surface area contributed by atoms with Crippen LogP contribution in [0.25, 0.3) is 11.1 Å². The molecule has 6 nitrogen and oxygen atoms in total. The van der Waals surface area contributed by atoms with E-state index in [9.17, 15) is 4.79 Å². The van der Waals surface area contributed by atoms with E-state index in [0.717, 1.165) is 19.4 Å². The highest BCUT2D eigenvalue weighted by Gasteiger charge is 2.23. The van der Waals surface area contributed by atoms with E-state index in [4.69, 9.17) is 15.3 Å². The Hall–Kier alpha value is -2.08. The summed E-state index contributed by atoms with van der Waals surface area (Å²) in [7, 11) is 0. The van der Waals surface area contributed by atoms with E-state index in [0.29, 0.717) is 22.7 Å². The fourth-order valence-electron chi connectivity index (χ4n) is 2.27. The lowest BCUT2D eigenvalue weighted by molar-refractivity contribution is 0.0698. The molecule has 6 heteroatoms. The summed E-state index contributed by atoms with van der Waals surface area (Å²) in [6.45, 7) is 0.928. The van der Waals surface area contributed by atoms with Gasteiger partial charge in [-0.25, -0.2) is 9.78 Å². The quantitative estimate of drug-likeness (QED) is 0.696. The van der Waals surface area contributed by atoms with Crippen molar-refractivity contribution in [2.75, 3.05) is 12.3 Å². The van der Waals surface area contributed by atoms with Crippen molar-refractivity contribution in [3.63, 3.8) is 0 Å². The third-order valence-corrected chi connectivity index (χ3v) is 3.12. The van der Waals surface area contributed by atoms with Gasteiger partial charge in [0.15, 0.2) is 5.58 Å². The highest BCUT2D eigenvalue weighted by atomic mass is 16.4. The summed E-state index contributed by atoms with van der Waals surface area (Å²) in [4.78, 5) is 15.5. The molecule has 1 fully saturated rings. The number of hydrogen-bond acceptors (Lipinski definition) is 5. The van der Waals surface area contributed by atoms with Gasteiger partial charge in [0.25, 0.3) is 0 Å². The van der Waals surface area contributed by atoms with E-state index in [-0.39, 0.29) is 11.6 Å². The molecule has 0 radical (unpaired) electrons. The van der Waals surface area contributed by atoms with Gasteiger partial charge >= 0.3 is 5.97 Å². The summed E-state index contributed by atoms with van der Waals surface area (Å²) < 4.78 is 5.59. The zero-order valence-electron chi connectivity index (χ0n) is 9.64. The van der Waals surface area contributed by atoms with Gasteiger partial charge in [-0.15, -0.1) is 0 Å². The van der Waals surface area contributed by atoms with Gasteiger partial charge in [0.1, 0.15) is 11.1 Å². The zero-order valence-corrected chi connectivity index (χ0v) is 9.64. The maximum Gasteiger partial charge on any atom is 0.339 e. The number of nitrogens with one attached hydrogen (secondary N) is 1. The molecule has 1 aromatic heterocycles. The molecule has 94 valence electrons. The van der Waals surface area contributed by atoms with Gasteiger partial charge in [-0.1, -0.05) is 0 Å². The molecule has 0 amide bonds. The Labute approximate surface area is 103 Å². The van der Waals surface area contributed by atoms with E-state index in [1.807, 2.05) is 0 Å². The van der Waals surface area contributed by atoms with Crippen LogP contribution in [-0.4, -0.2) is 22.6 Å². The normalized spacial score (nSPS) is 19.4. The number of nitrogens with two attached hydrogens (primary N) is 1. The maximum absolute atomic E-state index is 11.1. The fraction of sp³-hybridized carbons (Fsp3) is 0.333. The topological polar surface area (TPSA) is 101 Å². The van der Waals surface area contributed by atoms with Crippen molar-refractivity contribution >= 4 is 22.8 Å². The monoisotopic (exact) mass is 247 g/mol. The van der Waals surface area contributed by atoms with Crippen LogP contribution < -0.4 is 11.1 Å². The Morgan fingerprint density at radius 3 is 3.06 bits per heavy atom. The number of carboxylic acid groups (broad SMARTS) is 1. The first kappa shape index (κ1) is 11.0. The number of rotatable bonds is 2. The van der Waals surface area contributed by atoms with E-state index in [2.05, 4.69) is 10.3 Å². The van der Waals surface area contributed by atoms with Crippen LogP contribution in [0.15, 0.2) is 16.5 Å². The van der Waals surface area contributed by atoms with Crippen molar-refractivity contribution in [2.45, 2.75) is 18.9 Å². The highest BCUT2D eigenvalue weighted by molar-refractivity contribution is 6.01. The number of aromatic nitrogens is 1. The van der Waals surface area contributed by atoms with Crippen LogP contribution in [0.3, 0.4) is 0 Å². The van der Waals surface area contributed by atoms with Gasteiger partial charge in [-0.2, -0.15) is 0 Å². The third kappa shape index (κ3) is 1.70. The number of fused-ring (bicyclic) bond motifs is 1. The third-order valence-electron chi connectivity index (χ3n) is 3.12. The molecule has 18 heavy (non-hydrogen) atoms. The van der Waals surface area contributed by atoms with Crippen molar-refractivity contribution in [3.8, 4) is 0 Å². The molecule has 1 saturated heterocycles. The standard InChI is InChI=1S/C12H13N3O3/c13-6-4-7(12(16)17)10-9(5-6)15-11(18-10)8-2-1-3-14-8/h4-5,8,14H,1-3,13H2,(H,16,17)/t8-/m0/s1. The predicted molar refractivity (Wildman–Crippen MR) is 65.4 cm³/mol. The van der Waals surface area contributed by atoms with Gasteiger partial charge in [0.05, 0.1) is 6.04 Å². The van der Waals surface area contributed by atoms with Gasteiger partial charge in [0, 0.05) is 5.69 Å². The number of aromatic carboxylic acids is 1. The average Bonchev–Trinajstić information content (AvgIpc) is 2.95. The molecule has 1 atom stereocenters. The van der Waals surface area contributed by atoms with E-state index in [1.165, 1.54) is 6.07 Å². The van der Waals surface area contributed by atoms with Crippen molar-refractivity contribution in [2.24, 2.45) is 0 Å². The van der Waals surface area contributed by atoms with Crippen LogP contribution in [0, 0.1) is 0 Å². The minimum atomic E-state index is -1.06. The molecule has 0 aliphatic carbocycles. The predicted octanol–water partition coefficient (Wildman–Crippen LogP) is 1.53. The Balaban J connectivity index is 2.15. The number of hydrogen-bond donors (Lipinski definition) is 3. The lowest BCUT2D eigenvalue weighted by Crippen LogP contribution is -2.12. The van der Waals surface area contributed by atoms with Gasteiger partial charge < -0.3 is 20.6 Å². The van der Waals surface area contributed by atoms with Crippen molar-refractivity contribution in [3.05, 3.63) is 23.6 Å². The van der Waals surface area contributed by atoms with Crippen molar-refractivity contribution < 1.29 is 14.3 Å². The summed E-state index contributed by atoms with van der Waals surface area (Å²) in [5.41, 5.74) is 6.88. The highest BCUT2D eigenvalue weighted by Crippen LogP contribution is 2.29. The molecular weight excluding hydrogens is 234 g/mol. The Morgan fingerprint density at radius 2 is 2.39 bits per heavy atom. The minimum absolute atomic E-state index is 0.0572. The number of anilines is 1. The van der Waals surface area contributed by atoms with Crippen LogP contribution in [0.4, 0.5) is 5.69 Å². The van der Waals surface area contributed by atoms with Crippen LogP contribution >= 0.6 is 0 Å². The summed E-state index contributed by atoms with van der Waals surface area (Å²) in [5, 5.41) is 12.4. The van der Waals surface area contributed by atoms with Crippen molar-refractivity contribution in [1.29, 1.82) is 0 Å². The Kier molecular flexibility index (Phi) is 2.45. The number of oxazole rings is 1. The molecular formula is C12H13N3O3. The Morgan fingerprint density at radius 1 is 1.56 bits per heavy atom. The number of carbonyl (C=O) groups is 1. The van der Waals surface area contributed by atoms with Crippen molar-refractivity contribution in [1.82, 2.24) is 10.3 Å². The molecule has 2 heterocycles. The second-order valence-electron chi connectivity index (χ2n) is 4.42. The number of nitrogens with zero attached hydrogens (tertiary/aromatic N) is 1. The SMILES string of the molecule is Nc1cc(C(=O)O)c2oc([C@@H]3CCCN3)nc2c1. The molecule has 0 bridgehead atoms. The number of carboxylic acids is 1.